The van der Waals surface area contributed by atoms with Gasteiger partial charge in [0.05, 0.1) is 0 Å². The van der Waals surface area contributed by atoms with Crippen LogP contribution in [0.4, 0.5) is 0 Å². The number of fused-ring (bicyclic) bond motifs is 1. The summed E-state index contributed by atoms with van der Waals surface area (Å²) in [4.78, 5) is 24.7. The normalized spacial score (nSPS) is 21.7. The molecule has 8 heteroatoms. The first-order chi connectivity index (χ1) is 20.4. The van der Waals surface area contributed by atoms with E-state index in [0.717, 1.165) is 35.7 Å². The van der Waals surface area contributed by atoms with E-state index in [1.807, 2.05) is 55.5 Å². The Morgan fingerprint density at radius 2 is 1.81 bits per heavy atom. The van der Waals surface area contributed by atoms with Crippen LogP contribution in [0, 0.1) is 20.8 Å². The molecular formula is C35H50IO7-. The number of benzene rings is 1. The number of esters is 2. The van der Waals surface area contributed by atoms with Crippen molar-refractivity contribution in [1.29, 1.82) is 0 Å². The summed E-state index contributed by atoms with van der Waals surface area (Å²) in [7, 11) is 0. The van der Waals surface area contributed by atoms with Gasteiger partial charge in [0.2, 0.25) is 0 Å². The van der Waals surface area contributed by atoms with Crippen LogP contribution in [0.25, 0.3) is 5.57 Å². The van der Waals surface area contributed by atoms with Crippen LogP contribution in [0.3, 0.4) is 0 Å². The fourth-order valence-corrected chi connectivity index (χ4v) is 7.77. The third-order valence-corrected chi connectivity index (χ3v) is 11.7. The summed E-state index contributed by atoms with van der Waals surface area (Å²) in [6.07, 6.45) is 10.5. The summed E-state index contributed by atoms with van der Waals surface area (Å²) in [6, 6.07) is 7.99. The molecule has 3 rings (SSSR count). The van der Waals surface area contributed by atoms with Crippen molar-refractivity contribution in [1.82, 2.24) is 0 Å². The number of carbonyl (C=O) groups excluding carboxylic acids is 2. The molecule has 2 aliphatic rings. The van der Waals surface area contributed by atoms with E-state index in [1.165, 1.54) is 10.5 Å². The second-order valence-electron chi connectivity index (χ2n) is 12.2. The Labute approximate surface area is 268 Å². The third-order valence-electron chi connectivity index (χ3n) is 8.93. The maximum absolute atomic E-state index is 13.0. The van der Waals surface area contributed by atoms with Gasteiger partial charge in [-0.05, 0) is 30.6 Å². The van der Waals surface area contributed by atoms with Crippen LogP contribution in [-0.2, 0) is 23.8 Å². The first-order valence-electron chi connectivity index (χ1n) is 15.6. The van der Waals surface area contributed by atoms with Crippen LogP contribution in [0.5, 0.6) is 0 Å². The fourth-order valence-electron chi connectivity index (χ4n) is 5.33. The number of aliphatic hydroxyl groups excluding tert-OH is 2. The van der Waals surface area contributed by atoms with Crippen molar-refractivity contribution in [2.24, 2.45) is 17.3 Å². The van der Waals surface area contributed by atoms with E-state index < -0.39 is 18.3 Å². The molecule has 0 saturated heterocycles. The van der Waals surface area contributed by atoms with Crippen LogP contribution in [0.1, 0.15) is 85.6 Å². The van der Waals surface area contributed by atoms with Gasteiger partial charge in [-0.15, -0.1) is 0 Å². The number of ether oxygens (including phenoxy) is 3. The monoisotopic (exact) mass is 709 g/mol. The zero-order valence-corrected chi connectivity index (χ0v) is 28.7. The van der Waals surface area contributed by atoms with Gasteiger partial charge in [-0.1, -0.05) is 34.1 Å². The van der Waals surface area contributed by atoms with Crippen LogP contribution in [0.2, 0.25) is 0 Å². The number of hydrogen-bond donors (Lipinski definition) is 2. The maximum atomic E-state index is 13.0. The number of rotatable bonds is 17. The Bertz CT molecular complexity index is 1160. The summed E-state index contributed by atoms with van der Waals surface area (Å²) >= 11 is -0.293. The second-order valence-corrected chi connectivity index (χ2v) is 15.3. The Hall–Kier alpha value is -2.17. The van der Waals surface area contributed by atoms with Crippen molar-refractivity contribution >= 4 is 17.5 Å². The van der Waals surface area contributed by atoms with Gasteiger partial charge in [-0.3, -0.25) is 4.79 Å². The number of hydrogen-bond acceptors (Lipinski definition) is 7. The number of alkyl halides is 1. The van der Waals surface area contributed by atoms with Gasteiger partial charge >= 0.3 is 182 Å². The number of allylic oxidation sites excluding steroid dienone is 1. The predicted molar refractivity (Wildman–Crippen MR) is 164 cm³/mol. The molecule has 1 heterocycles. The Kier molecular flexibility index (Phi) is 13.8. The van der Waals surface area contributed by atoms with Crippen molar-refractivity contribution < 1.29 is 55.2 Å². The fraction of sp³-hybridized carbons (Fsp3) is 0.600. The SMILES string of the molecule is CCC(O)C(O)CC[I-]c1ccc(C2=CC3C=CC(OCC(CCCC(C)(CC)C(C)C)OC(C)=O)=CC3OC2=O)cc1. The molecule has 0 fully saturated rings. The molecule has 7 nitrogen and oxygen atoms in total. The van der Waals surface area contributed by atoms with E-state index >= 15 is 0 Å². The molecule has 240 valence electrons. The first kappa shape index (κ1) is 35.3. The molecule has 0 radical (unpaired) electrons. The molecule has 0 spiro atoms. The number of halogens is 1. The Balaban J connectivity index is 1.55. The second kappa shape index (κ2) is 16.8. The quantitative estimate of drug-likeness (QED) is 0.146. The molecule has 1 aromatic rings. The van der Waals surface area contributed by atoms with Gasteiger partial charge < -0.3 is 4.74 Å². The standard InChI is InChI=1S/C35H50IO7/c1-7-31(38)32(39)17-19-36-27-14-11-25(12-15-27)30-20-26-13-16-28(21-33(26)43-34(30)40)41-22-29(42-24(5)37)10-9-18-35(6,8-2)23(3)4/h11-16,20-21,23,26,29,31-33,38-39H,7-10,17-19,22H2,1-6H3/q-1. The van der Waals surface area contributed by atoms with E-state index in [4.69, 9.17) is 14.2 Å². The predicted octanol–water partition coefficient (Wildman–Crippen LogP) is 3.04. The van der Waals surface area contributed by atoms with Gasteiger partial charge in [0, 0.05) is 6.92 Å². The Morgan fingerprint density at radius 1 is 1.09 bits per heavy atom. The van der Waals surface area contributed by atoms with Gasteiger partial charge in [0.25, 0.3) is 0 Å². The average Bonchev–Trinajstić information content (AvgIpc) is 2.98. The summed E-state index contributed by atoms with van der Waals surface area (Å²) in [5, 5.41) is 19.7. The topological polar surface area (TPSA) is 102 Å². The van der Waals surface area contributed by atoms with Crippen molar-refractivity contribution in [2.45, 2.75) is 104 Å². The van der Waals surface area contributed by atoms with E-state index in [-0.39, 0.29) is 57.2 Å². The Morgan fingerprint density at radius 3 is 2.44 bits per heavy atom. The molecule has 1 aliphatic heterocycles. The first-order valence-corrected chi connectivity index (χ1v) is 18.2. The van der Waals surface area contributed by atoms with Crippen LogP contribution < -0.4 is 21.2 Å². The molecule has 0 bridgehead atoms. The van der Waals surface area contributed by atoms with Crippen molar-refractivity contribution in [3.63, 3.8) is 0 Å². The van der Waals surface area contributed by atoms with E-state index in [9.17, 15) is 19.8 Å². The van der Waals surface area contributed by atoms with Crippen molar-refractivity contribution in [3.05, 3.63) is 63.5 Å². The van der Waals surface area contributed by atoms with Crippen LogP contribution >= 0.6 is 0 Å². The van der Waals surface area contributed by atoms with E-state index in [2.05, 4.69) is 27.7 Å². The molecular weight excluding hydrogens is 659 g/mol. The summed E-state index contributed by atoms with van der Waals surface area (Å²) in [5.41, 5.74) is 1.62. The molecule has 0 saturated carbocycles. The minimum absolute atomic E-state index is 0.0920. The van der Waals surface area contributed by atoms with Crippen molar-refractivity contribution in [2.75, 3.05) is 11.0 Å². The van der Waals surface area contributed by atoms with E-state index in [1.54, 1.807) is 0 Å². The van der Waals surface area contributed by atoms with Gasteiger partial charge in [0.15, 0.2) is 0 Å². The molecule has 1 aromatic carbocycles. The van der Waals surface area contributed by atoms with Crippen LogP contribution in [-0.4, -0.2) is 57.6 Å². The zero-order chi connectivity index (χ0) is 31.6. The molecule has 0 aromatic heterocycles. The molecule has 6 atom stereocenters. The third kappa shape index (κ3) is 10.5. The zero-order valence-electron chi connectivity index (χ0n) is 26.6. The summed E-state index contributed by atoms with van der Waals surface area (Å²) < 4.78 is 19.5. The van der Waals surface area contributed by atoms with Gasteiger partial charge in [-0.2, -0.15) is 0 Å². The molecule has 6 unspecified atom stereocenters. The van der Waals surface area contributed by atoms with E-state index in [0.29, 0.717) is 30.1 Å². The van der Waals surface area contributed by atoms with Gasteiger partial charge in [-0.25, -0.2) is 0 Å². The molecule has 0 amide bonds. The minimum atomic E-state index is -0.671. The van der Waals surface area contributed by atoms with Crippen molar-refractivity contribution in [3.8, 4) is 0 Å². The number of aliphatic hydroxyl groups is 2. The van der Waals surface area contributed by atoms with Crippen LogP contribution in [0.15, 0.2) is 54.3 Å². The molecule has 1 aliphatic carbocycles. The number of carbonyl (C=O) groups is 2. The molecule has 43 heavy (non-hydrogen) atoms. The summed E-state index contributed by atoms with van der Waals surface area (Å²) in [6.45, 7) is 12.6. The molecule has 2 N–H and O–H groups in total. The van der Waals surface area contributed by atoms with Gasteiger partial charge in [0.1, 0.15) is 6.10 Å². The summed E-state index contributed by atoms with van der Waals surface area (Å²) in [5.74, 6) is 0.410. The average molecular weight is 710 g/mol.